The number of carboxylic acids is 1. The molecule has 0 bridgehead atoms. The summed E-state index contributed by atoms with van der Waals surface area (Å²) in [6.45, 7) is 1.35. The lowest BCUT2D eigenvalue weighted by Crippen LogP contribution is -2.04. The molecule has 1 heterocycles. The third-order valence-corrected chi connectivity index (χ3v) is 3.34. The minimum atomic E-state index is -1.06. The van der Waals surface area contributed by atoms with Crippen LogP contribution in [0.2, 0.25) is 0 Å². The van der Waals surface area contributed by atoms with Crippen molar-refractivity contribution in [2.24, 2.45) is 0 Å². The van der Waals surface area contributed by atoms with Crippen LogP contribution >= 0.6 is 11.3 Å². The van der Waals surface area contributed by atoms with Gasteiger partial charge in [-0.05, 0) is 11.6 Å². The second kappa shape index (κ2) is 6.12. The molecular formula is C14H12N2O3S. The number of amides is 1. The fourth-order valence-electron chi connectivity index (χ4n) is 1.54. The molecule has 2 rings (SSSR count). The minimum absolute atomic E-state index is 0.0981. The van der Waals surface area contributed by atoms with Crippen molar-refractivity contribution in [3.05, 3.63) is 46.5 Å². The molecule has 0 aliphatic rings. The summed E-state index contributed by atoms with van der Waals surface area (Å²) in [7, 11) is 0. The van der Waals surface area contributed by atoms with Gasteiger partial charge in [0.05, 0.1) is 5.69 Å². The highest BCUT2D eigenvalue weighted by Crippen LogP contribution is 2.24. The smallest absolute Gasteiger partial charge is 0.348 e. The van der Waals surface area contributed by atoms with E-state index in [1.54, 1.807) is 12.2 Å². The molecule has 5 nitrogen and oxygen atoms in total. The quantitative estimate of drug-likeness (QED) is 0.906. The van der Waals surface area contributed by atoms with E-state index in [4.69, 9.17) is 5.11 Å². The highest BCUT2D eigenvalue weighted by atomic mass is 32.1. The van der Waals surface area contributed by atoms with Gasteiger partial charge in [0.25, 0.3) is 0 Å². The molecular weight excluding hydrogens is 276 g/mol. The monoisotopic (exact) mass is 288 g/mol. The number of aromatic carboxylic acids is 1. The maximum Gasteiger partial charge on any atom is 0.348 e. The number of carbonyl (C=O) groups excluding carboxylic acids is 1. The molecule has 0 spiro atoms. The van der Waals surface area contributed by atoms with Crippen molar-refractivity contribution in [3.63, 3.8) is 0 Å². The Hall–Kier alpha value is -2.47. The molecule has 0 saturated carbocycles. The van der Waals surface area contributed by atoms with Crippen LogP contribution in [-0.4, -0.2) is 22.0 Å². The zero-order chi connectivity index (χ0) is 14.5. The van der Waals surface area contributed by atoms with Crippen LogP contribution in [0.25, 0.3) is 12.2 Å². The standard InChI is InChI=1S/C14H12N2O3S/c1-9(17)15-14-16-11(12(20-14)13(18)19)8-7-10-5-3-2-4-6-10/h2-8H,1H3,(H,18,19)(H,15,16,17)/b8-7+. The minimum Gasteiger partial charge on any atom is -0.477 e. The molecule has 0 saturated heterocycles. The highest BCUT2D eigenvalue weighted by Gasteiger charge is 2.15. The maximum atomic E-state index is 11.2. The van der Waals surface area contributed by atoms with E-state index in [1.165, 1.54) is 6.92 Å². The summed E-state index contributed by atoms with van der Waals surface area (Å²) in [6.07, 6.45) is 3.40. The van der Waals surface area contributed by atoms with Crippen LogP contribution < -0.4 is 5.32 Å². The Balaban J connectivity index is 2.30. The topological polar surface area (TPSA) is 79.3 Å². The largest absolute Gasteiger partial charge is 0.477 e. The van der Waals surface area contributed by atoms with E-state index in [1.807, 2.05) is 30.3 Å². The molecule has 1 aromatic carbocycles. The van der Waals surface area contributed by atoms with E-state index in [9.17, 15) is 9.59 Å². The Labute approximate surface area is 119 Å². The number of hydrogen-bond donors (Lipinski definition) is 2. The molecule has 1 aromatic heterocycles. The summed E-state index contributed by atoms with van der Waals surface area (Å²) in [6, 6.07) is 9.48. The summed E-state index contributed by atoms with van der Waals surface area (Å²) in [4.78, 5) is 26.3. The lowest BCUT2D eigenvalue weighted by atomic mass is 10.2. The fourth-order valence-corrected chi connectivity index (χ4v) is 2.38. The number of thiazole rings is 1. The third kappa shape index (κ3) is 3.52. The number of anilines is 1. The van der Waals surface area contributed by atoms with Crippen molar-refractivity contribution in [2.45, 2.75) is 6.92 Å². The van der Waals surface area contributed by atoms with E-state index in [0.29, 0.717) is 5.69 Å². The van der Waals surface area contributed by atoms with Crippen LogP contribution in [0, 0.1) is 0 Å². The van der Waals surface area contributed by atoms with Crippen molar-refractivity contribution in [2.75, 3.05) is 5.32 Å². The molecule has 0 aliphatic heterocycles. The van der Waals surface area contributed by atoms with Crippen molar-refractivity contribution < 1.29 is 14.7 Å². The van der Waals surface area contributed by atoms with Gasteiger partial charge < -0.3 is 10.4 Å². The number of nitrogens with one attached hydrogen (secondary N) is 1. The normalized spacial score (nSPS) is 10.7. The van der Waals surface area contributed by atoms with Crippen molar-refractivity contribution in [1.82, 2.24) is 4.98 Å². The second-order valence-electron chi connectivity index (χ2n) is 3.96. The molecule has 0 atom stereocenters. The van der Waals surface area contributed by atoms with Gasteiger partial charge in [-0.2, -0.15) is 0 Å². The molecule has 102 valence electrons. The first-order chi connectivity index (χ1) is 9.56. The molecule has 0 unspecified atom stereocenters. The zero-order valence-corrected chi connectivity index (χ0v) is 11.5. The average Bonchev–Trinajstić information content (AvgIpc) is 2.80. The van der Waals surface area contributed by atoms with Crippen molar-refractivity contribution in [1.29, 1.82) is 0 Å². The van der Waals surface area contributed by atoms with Gasteiger partial charge in [0.15, 0.2) is 5.13 Å². The molecule has 0 fully saturated rings. The Morgan fingerprint density at radius 2 is 1.95 bits per heavy atom. The SMILES string of the molecule is CC(=O)Nc1nc(/C=C/c2ccccc2)c(C(=O)O)s1. The van der Waals surface area contributed by atoms with Crippen LogP contribution in [-0.2, 0) is 4.79 Å². The van der Waals surface area contributed by atoms with Gasteiger partial charge in [0.2, 0.25) is 5.91 Å². The van der Waals surface area contributed by atoms with E-state index >= 15 is 0 Å². The van der Waals surface area contributed by atoms with Gasteiger partial charge >= 0.3 is 5.97 Å². The average molecular weight is 288 g/mol. The molecule has 0 radical (unpaired) electrons. The van der Waals surface area contributed by atoms with Gasteiger partial charge in [0, 0.05) is 6.92 Å². The lowest BCUT2D eigenvalue weighted by Gasteiger charge is -1.92. The van der Waals surface area contributed by atoms with E-state index in [0.717, 1.165) is 16.9 Å². The zero-order valence-electron chi connectivity index (χ0n) is 10.7. The summed E-state index contributed by atoms with van der Waals surface area (Å²) in [5.41, 5.74) is 1.27. The molecule has 0 aliphatic carbocycles. The van der Waals surface area contributed by atoms with E-state index < -0.39 is 5.97 Å². The number of carbonyl (C=O) groups is 2. The summed E-state index contributed by atoms with van der Waals surface area (Å²) < 4.78 is 0. The Morgan fingerprint density at radius 3 is 2.55 bits per heavy atom. The number of carboxylic acid groups (broad SMARTS) is 1. The Kier molecular flexibility index (Phi) is 4.27. The Morgan fingerprint density at radius 1 is 1.25 bits per heavy atom. The number of rotatable bonds is 4. The van der Waals surface area contributed by atoms with Gasteiger partial charge in [-0.3, -0.25) is 4.79 Å². The Bertz CT molecular complexity index is 662. The first-order valence-electron chi connectivity index (χ1n) is 5.81. The number of nitrogens with zero attached hydrogens (tertiary/aromatic N) is 1. The van der Waals surface area contributed by atoms with Crippen LogP contribution in [0.5, 0.6) is 0 Å². The summed E-state index contributed by atoms with van der Waals surface area (Å²) in [5, 5.41) is 11.9. The first-order valence-corrected chi connectivity index (χ1v) is 6.63. The van der Waals surface area contributed by atoms with Gasteiger partial charge in [-0.25, -0.2) is 9.78 Å². The lowest BCUT2D eigenvalue weighted by molar-refractivity contribution is -0.114. The van der Waals surface area contributed by atoms with Gasteiger partial charge in [0.1, 0.15) is 4.88 Å². The second-order valence-corrected chi connectivity index (χ2v) is 4.96. The third-order valence-electron chi connectivity index (χ3n) is 2.36. The molecule has 1 amide bonds. The maximum absolute atomic E-state index is 11.2. The van der Waals surface area contributed by atoms with Crippen molar-refractivity contribution in [3.8, 4) is 0 Å². The van der Waals surface area contributed by atoms with E-state index in [-0.39, 0.29) is 15.9 Å². The number of aromatic nitrogens is 1. The van der Waals surface area contributed by atoms with Gasteiger partial charge in [-0.1, -0.05) is 47.7 Å². The van der Waals surface area contributed by atoms with Crippen LogP contribution in [0.1, 0.15) is 27.9 Å². The van der Waals surface area contributed by atoms with Crippen LogP contribution in [0.15, 0.2) is 30.3 Å². The predicted octanol–water partition coefficient (Wildman–Crippen LogP) is 2.97. The predicted molar refractivity (Wildman–Crippen MR) is 78.7 cm³/mol. The fraction of sp³-hybridized carbons (Fsp3) is 0.0714. The van der Waals surface area contributed by atoms with Crippen LogP contribution in [0.4, 0.5) is 5.13 Å². The number of hydrogen-bond acceptors (Lipinski definition) is 4. The molecule has 6 heteroatoms. The number of benzene rings is 1. The van der Waals surface area contributed by atoms with Gasteiger partial charge in [-0.15, -0.1) is 0 Å². The molecule has 20 heavy (non-hydrogen) atoms. The first kappa shape index (κ1) is 14.0. The molecule has 2 aromatic rings. The van der Waals surface area contributed by atoms with E-state index in [2.05, 4.69) is 10.3 Å². The van der Waals surface area contributed by atoms with Crippen LogP contribution in [0.3, 0.4) is 0 Å². The highest BCUT2D eigenvalue weighted by molar-refractivity contribution is 7.17. The summed E-state index contributed by atoms with van der Waals surface area (Å²) >= 11 is 0.937. The summed E-state index contributed by atoms with van der Waals surface area (Å²) in [5.74, 6) is -1.35. The van der Waals surface area contributed by atoms with Crippen molar-refractivity contribution >= 4 is 40.5 Å². The molecule has 2 N–H and O–H groups in total.